The third-order valence-electron chi connectivity index (χ3n) is 5.71. The number of rotatable bonds is 7. The molecule has 1 aliphatic heterocycles. The first kappa shape index (κ1) is 21.2. The Hall–Kier alpha value is -3.03. The van der Waals surface area contributed by atoms with E-state index < -0.39 is 0 Å². The smallest absolute Gasteiger partial charge is 0.272 e. The van der Waals surface area contributed by atoms with Gasteiger partial charge in [0.2, 0.25) is 5.91 Å². The highest BCUT2D eigenvalue weighted by molar-refractivity contribution is 5.96. The molecule has 4 rings (SSSR count). The number of nitrogens with zero attached hydrogens (tertiary/aromatic N) is 2. The number of benzene rings is 2. The first-order valence-corrected chi connectivity index (χ1v) is 10.8. The molecule has 0 aliphatic carbocycles. The van der Waals surface area contributed by atoms with Crippen molar-refractivity contribution in [3.8, 4) is 11.3 Å². The monoisotopic (exact) mass is 420 g/mol. The summed E-state index contributed by atoms with van der Waals surface area (Å²) in [7, 11) is 0. The van der Waals surface area contributed by atoms with E-state index >= 15 is 0 Å². The number of aromatic amines is 1. The number of nitrogens with one attached hydrogen (secondary N) is 2. The summed E-state index contributed by atoms with van der Waals surface area (Å²) in [5.41, 5.74) is 3.08. The van der Waals surface area contributed by atoms with Crippen molar-refractivity contribution in [1.82, 2.24) is 15.1 Å². The van der Waals surface area contributed by atoms with Crippen LogP contribution in [-0.4, -0.2) is 53.9 Å². The van der Waals surface area contributed by atoms with E-state index in [1.165, 1.54) is 0 Å². The van der Waals surface area contributed by atoms with Gasteiger partial charge < -0.3 is 10.1 Å². The van der Waals surface area contributed by atoms with Crippen molar-refractivity contribution in [3.63, 3.8) is 0 Å². The van der Waals surface area contributed by atoms with Crippen LogP contribution in [0.1, 0.15) is 24.8 Å². The molecular formula is C24H28N4O3. The predicted molar refractivity (Wildman–Crippen MR) is 122 cm³/mol. The van der Waals surface area contributed by atoms with Gasteiger partial charge in [-0.25, -0.2) is 5.10 Å². The summed E-state index contributed by atoms with van der Waals surface area (Å²) in [4.78, 5) is 27.0. The molecule has 0 unspecified atom stereocenters. The van der Waals surface area contributed by atoms with Crippen molar-refractivity contribution in [1.29, 1.82) is 0 Å². The van der Waals surface area contributed by atoms with Gasteiger partial charge in [-0.1, -0.05) is 30.3 Å². The number of aromatic nitrogens is 2. The minimum Gasteiger partial charge on any atom is -0.379 e. The summed E-state index contributed by atoms with van der Waals surface area (Å²) < 4.78 is 5.37. The molecule has 0 atom stereocenters. The molecule has 1 saturated heterocycles. The highest BCUT2D eigenvalue weighted by Gasteiger charge is 2.13. The van der Waals surface area contributed by atoms with E-state index in [9.17, 15) is 9.59 Å². The van der Waals surface area contributed by atoms with Gasteiger partial charge >= 0.3 is 0 Å². The van der Waals surface area contributed by atoms with Crippen LogP contribution in [0.2, 0.25) is 0 Å². The normalized spacial score (nSPS) is 14.6. The minimum absolute atomic E-state index is 0.0153. The average molecular weight is 421 g/mol. The van der Waals surface area contributed by atoms with E-state index in [-0.39, 0.29) is 11.5 Å². The molecule has 2 heterocycles. The first-order valence-electron chi connectivity index (χ1n) is 10.8. The number of amides is 1. The molecule has 2 aromatic carbocycles. The molecule has 7 nitrogen and oxygen atoms in total. The summed E-state index contributed by atoms with van der Waals surface area (Å²) in [6, 6.07) is 13.2. The summed E-state index contributed by atoms with van der Waals surface area (Å²) in [6.07, 6.45) is 2.35. The van der Waals surface area contributed by atoms with Crippen molar-refractivity contribution in [2.45, 2.75) is 26.2 Å². The number of hydrogen-bond donors (Lipinski definition) is 2. The topological polar surface area (TPSA) is 87.3 Å². The fourth-order valence-electron chi connectivity index (χ4n) is 3.90. The summed E-state index contributed by atoms with van der Waals surface area (Å²) in [5.74, 6) is 0.0153. The second-order valence-electron chi connectivity index (χ2n) is 7.94. The molecule has 0 bridgehead atoms. The maximum atomic E-state index is 12.5. The van der Waals surface area contributed by atoms with Crippen molar-refractivity contribution in [2.24, 2.45) is 0 Å². The molecule has 0 spiro atoms. The second kappa shape index (κ2) is 9.85. The van der Waals surface area contributed by atoms with E-state index in [1.807, 2.05) is 43.3 Å². The molecule has 1 amide bonds. The van der Waals surface area contributed by atoms with Gasteiger partial charge in [0.15, 0.2) is 0 Å². The number of morpholine rings is 1. The van der Waals surface area contributed by atoms with Gasteiger partial charge in [-0.2, -0.15) is 5.10 Å². The van der Waals surface area contributed by atoms with Gasteiger partial charge in [0.1, 0.15) is 0 Å². The van der Waals surface area contributed by atoms with Gasteiger partial charge in [0.25, 0.3) is 5.56 Å². The van der Waals surface area contributed by atoms with Crippen LogP contribution in [0.5, 0.6) is 0 Å². The van der Waals surface area contributed by atoms with Crippen molar-refractivity contribution in [2.75, 3.05) is 38.2 Å². The molecule has 0 saturated carbocycles. The molecule has 7 heteroatoms. The van der Waals surface area contributed by atoms with Crippen LogP contribution in [0.3, 0.4) is 0 Å². The molecule has 1 aromatic heterocycles. The summed E-state index contributed by atoms with van der Waals surface area (Å²) in [6.45, 7) is 6.54. The zero-order valence-corrected chi connectivity index (χ0v) is 17.8. The molecule has 1 fully saturated rings. The van der Waals surface area contributed by atoms with E-state index in [1.54, 1.807) is 6.07 Å². The van der Waals surface area contributed by atoms with Gasteiger partial charge in [-0.3, -0.25) is 14.5 Å². The number of unbranched alkanes of at least 4 members (excludes halogenated alkanes) is 1. The number of carbonyl (C=O) groups excluding carboxylic acids is 1. The lowest BCUT2D eigenvalue weighted by atomic mass is 10.0. The van der Waals surface area contributed by atoms with Crippen LogP contribution in [0.15, 0.2) is 47.3 Å². The Morgan fingerprint density at radius 1 is 1.13 bits per heavy atom. The molecule has 31 heavy (non-hydrogen) atoms. The second-order valence-corrected chi connectivity index (χ2v) is 7.94. The van der Waals surface area contributed by atoms with Gasteiger partial charge in [-0.15, -0.1) is 0 Å². The molecular weight excluding hydrogens is 392 g/mol. The molecule has 3 aromatic rings. The van der Waals surface area contributed by atoms with E-state index in [0.717, 1.165) is 67.9 Å². The van der Waals surface area contributed by atoms with Crippen molar-refractivity contribution < 1.29 is 9.53 Å². The Morgan fingerprint density at radius 2 is 1.90 bits per heavy atom. The standard InChI is InChI=1S/C24H28N4O3/c1-17-9-10-18(23-19-6-2-3-7-20(19)24(30)27-26-23)16-21(17)25-22(29)8-4-5-11-28-12-14-31-15-13-28/h2-3,6-7,9-10,16H,4-5,8,11-15H2,1H3,(H,25,29)(H,27,30). The lowest BCUT2D eigenvalue weighted by Crippen LogP contribution is -2.36. The zero-order valence-electron chi connectivity index (χ0n) is 17.8. The Bertz CT molecular complexity index is 1120. The first-order chi connectivity index (χ1) is 15.1. The lowest BCUT2D eigenvalue weighted by molar-refractivity contribution is -0.116. The third-order valence-corrected chi connectivity index (χ3v) is 5.71. The highest BCUT2D eigenvalue weighted by atomic mass is 16.5. The van der Waals surface area contributed by atoms with Gasteiger partial charge in [0.05, 0.1) is 24.3 Å². The van der Waals surface area contributed by atoms with Crippen LogP contribution < -0.4 is 10.9 Å². The highest BCUT2D eigenvalue weighted by Crippen LogP contribution is 2.28. The van der Waals surface area contributed by atoms with Crippen molar-refractivity contribution >= 4 is 22.4 Å². The number of anilines is 1. The summed E-state index contributed by atoms with van der Waals surface area (Å²) in [5, 5.41) is 11.3. The number of ether oxygens (including phenoxy) is 1. The fourth-order valence-corrected chi connectivity index (χ4v) is 3.90. The van der Waals surface area contributed by atoms with Crippen molar-refractivity contribution in [3.05, 3.63) is 58.4 Å². The maximum absolute atomic E-state index is 12.5. The SMILES string of the molecule is Cc1ccc(-c2n[nH]c(=O)c3ccccc23)cc1NC(=O)CCCCN1CCOCC1. The number of hydrogen-bond acceptors (Lipinski definition) is 5. The van der Waals surface area contributed by atoms with E-state index in [0.29, 0.717) is 17.5 Å². The van der Waals surface area contributed by atoms with Crippen LogP contribution in [0.25, 0.3) is 22.0 Å². The lowest BCUT2D eigenvalue weighted by Gasteiger charge is -2.26. The predicted octanol–water partition coefficient (Wildman–Crippen LogP) is 3.34. The van der Waals surface area contributed by atoms with Crippen LogP contribution >= 0.6 is 0 Å². The number of fused-ring (bicyclic) bond motifs is 1. The molecule has 2 N–H and O–H groups in total. The maximum Gasteiger partial charge on any atom is 0.272 e. The van der Waals surface area contributed by atoms with Crippen LogP contribution in [0, 0.1) is 6.92 Å². The zero-order chi connectivity index (χ0) is 21.6. The van der Waals surface area contributed by atoms with Crippen LogP contribution in [-0.2, 0) is 9.53 Å². The van der Waals surface area contributed by atoms with Gasteiger partial charge in [0, 0.05) is 36.1 Å². The number of H-pyrrole nitrogens is 1. The Balaban J connectivity index is 1.42. The third kappa shape index (κ3) is 5.18. The molecule has 1 aliphatic rings. The fraction of sp³-hybridized carbons (Fsp3) is 0.375. The van der Waals surface area contributed by atoms with E-state index in [2.05, 4.69) is 20.4 Å². The minimum atomic E-state index is -0.211. The van der Waals surface area contributed by atoms with E-state index in [4.69, 9.17) is 4.74 Å². The number of aryl methyl sites for hydroxylation is 1. The quantitative estimate of drug-likeness (QED) is 0.573. The summed E-state index contributed by atoms with van der Waals surface area (Å²) >= 11 is 0. The average Bonchev–Trinajstić information content (AvgIpc) is 2.80. The number of carbonyl (C=O) groups is 1. The largest absolute Gasteiger partial charge is 0.379 e. The van der Waals surface area contributed by atoms with Crippen LogP contribution in [0.4, 0.5) is 5.69 Å². The molecule has 0 radical (unpaired) electrons. The van der Waals surface area contributed by atoms with Gasteiger partial charge in [-0.05, 0) is 44.0 Å². The Morgan fingerprint density at radius 3 is 2.71 bits per heavy atom. The Kier molecular flexibility index (Phi) is 6.74. The Labute approximate surface area is 181 Å². The molecule has 162 valence electrons.